The number of aryl methyl sites for hydroxylation is 1. The lowest BCUT2D eigenvalue weighted by Gasteiger charge is -2.33. The number of piperidine rings is 1. The maximum atomic E-state index is 11.0. The molecule has 1 fully saturated rings. The second-order valence-corrected chi connectivity index (χ2v) is 5.31. The molecule has 1 aliphatic heterocycles. The minimum atomic E-state index is 0.174. The van der Waals surface area contributed by atoms with Crippen LogP contribution in [0.1, 0.15) is 36.9 Å². The van der Waals surface area contributed by atoms with Crippen molar-refractivity contribution in [3.63, 3.8) is 0 Å². The molecule has 4 heteroatoms. The van der Waals surface area contributed by atoms with E-state index < -0.39 is 0 Å². The van der Waals surface area contributed by atoms with E-state index in [0.717, 1.165) is 50.9 Å². The van der Waals surface area contributed by atoms with Crippen molar-refractivity contribution >= 4 is 12.1 Å². The molecule has 0 radical (unpaired) electrons. The van der Waals surface area contributed by atoms with Gasteiger partial charge in [0.15, 0.2) is 0 Å². The number of carbonyl (C=O) groups is 1. The fourth-order valence-electron chi connectivity index (χ4n) is 3.09. The Labute approximate surface area is 107 Å². The molecule has 0 aromatic carbocycles. The van der Waals surface area contributed by atoms with E-state index in [-0.39, 0.29) is 5.92 Å². The first-order valence-corrected chi connectivity index (χ1v) is 6.91. The molecule has 0 N–H and O–H groups in total. The number of aromatic nitrogens is 2. The molecule has 1 saturated heterocycles. The molecular formula is C14H19N3O. The molecule has 3 rings (SSSR count). The van der Waals surface area contributed by atoms with E-state index in [1.165, 1.54) is 24.1 Å². The average Bonchev–Trinajstić information content (AvgIpc) is 2.47. The van der Waals surface area contributed by atoms with Crippen LogP contribution in [-0.4, -0.2) is 29.3 Å². The SMILES string of the molecule is O=CC1CCCN(c2ncnc3c2CCCC3)C1. The third-order valence-electron chi connectivity index (χ3n) is 4.05. The van der Waals surface area contributed by atoms with Gasteiger partial charge in [-0.2, -0.15) is 0 Å². The van der Waals surface area contributed by atoms with E-state index in [4.69, 9.17) is 0 Å². The first-order chi connectivity index (χ1) is 8.88. The highest BCUT2D eigenvalue weighted by molar-refractivity contribution is 5.57. The van der Waals surface area contributed by atoms with Crippen LogP contribution in [0.3, 0.4) is 0 Å². The van der Waals surface area contributed by atoms with Crippen molar-refractivity contribution in [1.82, 2.24) is 9.97 Å². The number of anilines is 1. The summed E-state index contributed by atoms with van der Waals surface area (Å²) >= 11 is 0. The summed E-state index contributed by atoms with van der Waals surface area (Å²) in [6, 6.07) is 0. The molecule has 0 amide bonds. The van der Waals surface area contributed by atoms with E-state index >= 15 is 0 Å². The summed E-state index contributed by atoms with van der Waals surface area (Å²) < 4.78 is 0. The lowest BCUT2D eigenvalue weighted by atomic mass is 9.94. The summed E-state index contributed by atoms with van der Waals surface area (Å²) in [4.78, 5) is 22.1. The maximum Gasteiger partial charge on any atom is 0.135 e. The molecule has 2 aliphatic rings. The Balaban J connectivity index is 1.89. The van der Waals surface area contributed by atoms with Gasteiger partial charge in [0.2, 0.25) is 0 Å². The number of carbonyl (C=O) groups excluding carboxylic acids is 1. The number of fused-ring (bicyclic) bond motifs is 1. The fraction of sp³-hybridized carbons (Fsp3) is 0.643. The summed E-state index contributed by atoms with van der Waals surface area (Å²) in [7, 11) is 0. The zero-order chi connectivity index (χ0) is 12.4. The smallest absolute Gasteiger partial charge is 0.135 e. The highest BCUT2D eigenvalue weighted by Gasteiger charge is 2.24. The standard InChI is InChI=1S/C14H19N3O/c18-9-11-4-3-7-17(8-11)14-12-5-1-2-6-13(12)15-10-16-14/h9-11H,1-8H2. The van der Waals surface area contributed by atoms with Crippen LogP contribution in [0, 0.1) is 5.92 Å². The lowest BCUT2D eigenvalue weighted by Crippen LogP contribution is -2.37. The third-order valence-corrected chi connectivity index (χ3v) is 4.05. The van der Waals surface area contributed by atoms with Gasteiger partial charge in [-0.25, -0.2) is 9.97 Å². The monoisotopic (exact) mass is 245 g/mol. The number of rotatable bonds is 2. The highest BCUT2D eigenvalue weighted by Crippen LogP contribution is 2.29. The lowest BCUT2D eigenvalue weighted by molar-refractivity contribution is -0.111. The number of hydrogen-bond donors (Lipinski definition) is 0. The Kier molecular flexibility index (Phi) is 3.26. The average molecular weight is 245 g/mol. The largest absolute Gasteiger partial charge is 0.356 e. The van der Waals surface area contributed by atoms with Crippen molar-refractivity contribution in [2.75, 3.05) is 18.0 Å². The Morgan fingerprint density at radius 1 is 1.22 bits per heavy atom. The van der Waals surface area contributed by atoms with Crippen molar-refractivity contribution in [3.8, 4) is 0 Å². The number of hydrogen-bond acceptors (Lipinski definition) is 4. The van der Waals surface area contributed by atoms with E-state index in [1.54, 1.807) is 6.33 Å². The van der Waals surface area contributed by atoms with Crippen LogP contribution in [0.25, 0.3) is 0 Å². The van der Waals surface area contributed by atoms with Gasteiger partial charge in [-0.3, -0.25) is 0 Å². The molecule has 18 heavy (non-hydrogen) atoms. The van der Waals surface area contributed by atoms with Gasteiger partial charge in [0, 0.05) is 30.3 Å². The molecule has 1 aromatic rings. The van der Waals surface area contributed by atoms with Crippen LogP contribution in [0.5, 0.6) is 0 Å². The first kappa shape index (κ1) is 11.6. The quantitative estimate of drug-likeness (QED) is 0.745. The normalized spacial score (nSPS) is 23.6. The second-order valence-electron chi connectivity index (χ2n) is 5.31. The predicted octanol–water partition coefficient (Wildman–Crippen LogP) is 1.77. The molecule has 1 unspecified atom stereocenters. The van der Waals surface area contributed by atoms with Crippen LogP contribution in [0.4, 0.5) is 5.82 Å². The Morgan fingerprint density at radius 3 is 3.00 bits per heavy atom. The molecule has 0 bridgehead atoms. The topological polar surface area (TPSA) is 46.1 Å². The minimum absolute atomic E-state index is 0.174. The van der Waals surface area contributed by atoms with Gasteiger partial charge in [-0.15, -0.1) is 0 Å². The molecule has 1 aliphatic carbocycles. The van der Waals surface area contributed by atoms with E-state index in [1.807, 2.05) is 0 Å². The van der Waals surface area contributed by atoms with Crippen LogP contribution in [0.2, 0.25) is 0 Å². The second kappa shape index (κ2) is 5.04. The van der Waals surface area contributed by atoms with Gasteiger partial charge in [0.1, 0.15) is 18.4 Å². The predicted molar refractivity (Wildman–Crippen MR) is 69.7 cm³/mol. The highest BCUT2D eigenvalue weighted by atomic mass is 16.1. The molecule has 1 aromatic heterocycles. The molecule has 2 heterocycles. The van der Waals surface area contributed by atoms with Crippen molar-refractivity contribution < 1.29 is 4.79 Å². The molecular weight excluding hydrogens is 226 g/mol. The molecule has 0 saturated carbocycles. The van der Waals surface area contributed by atoms with Crippen molar-refractivity contribution in [2.24, 2.45) is 5.92 Å². The van der Waals surface area contributed by atoms with Gasteiger partial charge in [-0.05, 0) is 38.5 Å². The molecule has 0 spiro atoms. The van der Waals surface area contributed by atoms with E-state index in [9.17, 15) is 4.79 Å². The molecule has 96 valence electrons. The third kappa shape index (κ3) is 2.11. The van der Waals surface area contributed by atoms with Gasteiger partial charge >= 0.3 is 0 Å². The number of nitrogens with zero attached hydrogens (tertiary/aromatic N) is 3. The van der Waals surface area contributed by atoms with E-state index in [0.29, 0.717) is 0 Å². The van der Waals surface area contributed by atoms with Gasteiger partial charge in [-0.1, -0.05) is 0 Å². The zero-order valence-electron chi connectivity index (χ0n) is 10.6. The summed E-state index contributed by atoms with van der Waals surface area (Å²) in [6.07, 6.45) is 9.53. The van der Waals surface area contributed by atoms with Crippen molar-refractivity contribution in [3.05, 3.63) is 17.6 Å². The number of aldehydes is 1. The van der Waals surface area contributed by atoms with Gasteiger partial charge in [0.25, 0.3) is 0 Å². The summed E-state index contributed by atoms with van der Waals surface area (Å²) in [5, 5.41) is 0. The maximum absolute atomic E-state index is 11.0. The van der Waals surface area contributed by atoms with Crippen LogP contribution < -0.4 is 4.90 Å². The Morgan fingerprint density at radius 2 is 2.11 bits per heavy atom. The van der Waals surface area contributed by atoms with Gasteiger partial charge in [0.05, 0.1) is 0 Å². The van der Waals surface area contributed by atoms with Crippen LogP contribution in [-0.2, 0) is 17.6 Å². The van der Waals surface area contributed by atoms with Crippen LogP contribution >= 0.6 is 0 Å². The minimum Gasteiger partial charge on any atom is -0.356 e. The van der Waals surface area contributed by atoms with Gasteiger partial charge < -0.3 is 9.69 Å². The summed E-state index contributed by atoms with van der Waals surface area (Å²) in [6.45, 7) is 1.85. The Hall–Kier alpha value is -1.45. The fourth-order valence-corrected chi connectivity index (χ4v) is 3.09. The zero-order valence-corrected chi connectivity index (χ0v) is 10.6. The van der Waals surface area contributed by atoms with Crippen LogP contribution in [0.15, 0.2) is 6.33 Å². The summed E-state index contributed by atoms with van der Waals surface area (Å²) in [5.74, 6) is 1.26. The summed E-state index contributed by atoms with van der Waals surface area (Å²) in [5.41, 5.74) is 2.55. The molecule has 4 nitrogen and oxygen atoms in total. The van der Waals surface area contributed by atoms with Crippen molar-refractivity contribution in [2.45, 2.75) is 38.5 Å². The molecule has 1 atom stereocenters. The first-order valence-electron chi connectivity index (χ1n) is 6.91. The van der Waals surface area contributed by atoms with E-state index in [2.05, 4.69) is 14.9 Å². The van der Waals surface area contributed by atoms with Crippen molar-refractivity contribution in [1.29, 1.82) is 0 Å². The Bertz CT molecular complexity index is 447.